The molecule has 1 aliphatic heterocycles. The van der Waals surface area contributed by atoms with Crippen LogP contribution in [0.4, 0.5) is 0 Å². The monoisotopic (exact) mass is 722 g/mol. The van der Waals surface area contributed by atoms with Gasteiger partial charge in [-0.05, 0) is 129 Å². The van der Waals surface area contributed by atoms with Crippen LogP contribution in [0.3, 0.4) is 0 Å². The molecular formula is C56H34O. The Morgan fingerprint density at radius 2 is 0.877 bits per heavy atom. The Hall–Kier alpha value is -7.48. The summed E-state index contributed by atoms with van der Waals surface area (Å²) >= 11 is 0. The predicted molar refractivity (Wildman–Crippen MR) is 241 cm³/mol. The quantitative estimate of drug-likeness (QED) is 0.130. The first kappa shape index (κ1) is 31.8. The molecular weight excluding hydrogens is 689 g/mol. The molecule has 1 aliphatic rings. The number of hydrogen-bond donors (Lipinski definition) is 0. The fourth-order valence-corrected chi connectivity index (χ4v) is 9.44. The van der Waals surface area contributed by atoms with E-state index in [9.17, 15) is 0 Å². The summed E-state index contributed by atoms with van der Waals surface area (Å²) in [5.41, 5.74) is 12.0. The molecule has 57 heavy (non-hydrogen) atoms. The van der Waals surface area contributed by atoms with E-state index in [1.807, 2.05) is 0 Å². The molecule has 0 radical (unpaired) electrons. The van der Waals surface area contributed by atoms with Crippen LogP contribution >= 0.6 is 0 Å². The number of hydrogen-bond acceptors (Lipinski definition) is 1. The second-order valence-electron chi connectivity index (χ2n) is 15.2. The van der Waals surface area contributed by atoms with Gasteiger partial charge >= 0.3 is 0 Å². The Bertz CT molecular complexity index is 3430. The smallest absolute Gasteiger partial charge is 0.135 e. The van der Waals surface area contributed by atoms with E-state index >= 15 is 0 Å². The van der Waals surface area contributed by atoms with Crippen molar-refractivity contribution in [2.75, 3.05) is 0 Å². The number of fused-ring (bicyclic) bond motifs is 7. The van der Waals surface area contributed by atoms with Crippen molar-refractivity contribution in [3.8, 4) is 67.1 Å². The third-order valence-corrected chi connectivity index (χ3v) is 12.0. The van der Waals surface area contributed by atoms with Crippen molar-refractivity contribution in [2.24, 2.45) is 0 Å². The average Bonchev–Trinajstić information content (AvgIpc) is 3.28. The molecule has 1 heterocycles. The zero-order chi connectivity index (χ0) is 37.5. The van der Waals surface area contributed by atoms with Crippen molar-refractivity contribution in [2.45, 2.75) is 0 Å². The normalized spacial score (nSPS) is 12.0. The topological polar surface area (TPSA) is 9.23 Å². The lowest BCUT2D eigenvalue weighted by Crippen LogP contribution is -1.98. The first-order valence-corrected chi connectivity index (χ1v) is 19.7. The highest BCUT2D eigenvalue weighted by molar-refractivity contribution is 6.28. The molecule has 12 rings (SSSR count). The molecule has 0 amide bonds. The molecule has 11 aromatic rings. The van der Waals surface area contributed by atoms with E-state index < -0.39 is 0 Å². The zero-order valence-electron chi connectivity index (χ0n) is 31.0. The van der Waals surface area contributed by atoms with Gasteiger partial charge in [-0.25, -0.2) is 0 Å². The molecule has 0 saturated heterocycles. The summed E-state index contributed by atoms with van der Waals surface area (Å²) in [6, 6.07) is 75.3. The van der Waals surface area contributed by atoms with Gasteiger partial charge in [0.15, 0.2) is 0 Å². The summed E-state index contributed by atoms with van der Waals surface area (Å²) in [4.78, 5) is 0. The fraction of sp³-hybridized carbons (Fsp3) is 0. The van der Waals surface area contributed by atoms with Gasteiger partial charge in [0.2, 0.25) is 0 Å². The van der Waals surface area contributed by atoms with E-state index in [2.05, 4.69) is 206 Å². The van der Waals surface area contributed by atoms with Crippen LogP contribution in [-0.4, -0.2) is 0 Å². The first-order valence-electron chi connectivity index (χ1n) is 19.7. The summed E-state index contributed by atoms with van der Waals surface area (Å²) in [5, 5.41) is 12.4. The third-order valence-electron chi connectivity index (χ3n) is 12.0. The molecule has 0 unspecified atom stereocenters. The molecule has 11 aromatic carbocycles. The lowest BCUT2D eigenvalue weighted by atomic mass is 9.83. The maximum atomic E-state index is 6.63. The molecule has 0 fully saturated rings. The highest BCUT2D eigenvalue weighted by Gasteiger charge is 2.23. The van der Waals surface area contributed by atoms with Gasteiger partial charge in [-0.2, -0.15) is 0 Å². The predicted octanol–water partition coefficient (Wildman–Crippen LogP) is 15.9. The third kappa shape index (κ3) is 4.96. The average molecular weight is 723 g/mol. The minimum Gasteiger partial charge on any atom is -0.456 e. The molecule has 0 N–H and O–H groups in total. The van der Waals surface area contributed by atoms with Crippen LogP contribution in [0.1, 0.15) is 0 Å². The molecule has 1 nitrogen and oxygen atoms in total. The van der Waals surface area contributed by atoms with Crippen LogP contribution < -0.4 is 4.74 Å². The first-order chi connectivity index (χ1) is 28.3. The maximum absolute atomic E-state index is 6.63. The van der Waals surface area contributed by atoms with E-state index in [4.69, 9.17) is 4.74 Å². The van der Waals surface area contributed by atoms with Gasteiger partial charge in [0.1, 0.15) is 11.5 Å². The Morgan fingerprint density at radius 1 is 0.246 bits per heavy atom. The Labute approximate surface area is 330 Å². The number of rotatable bonds is 4. The number of ether oxygens (including phenoxy) is 1. The van der Waals surface area contributed by atoms with Gasteiger partial charge in [-0.15, -0.1) is 0 Å². The molecule has 0 saturated carbocycles. The van der Waals surface area contributed by atoms with Crippen LogP contribution in [-0.2, 0) is 0 Å². The highest BCUT2D eigenvalue weighted by atomic mass is 16.5. The largest absolute Gasteiger partial charge is 0.456 e. The Kier molecular flexibility index (Phi) is 7.00. The zero-order valence-corrected chi connectivity index (χ0v) is 31.0. The minimum atomic E-state index is 0.891. The second kappa shape index (κ2) is 12.5. The summed E-state index contributed by atoms with van der Waals surface area (Å²) in [6.45, 7) is 0. The molecule has 0 aromatic heterocycles. The van der Waals surface area contributed by atoms with Crippen LogP contribution in [0.2, 0.25) is 0 Å². The van der Waals surface area contributed by atoms with Crippen LogP contribution in [0.5, 0.6) is 11.5 Å². The van der Waals surface area contributed by atoms with Gasteiger partial charge in [0.05, 0.1) is 0 Å². The molecule has 0 aliphatic carbocycles. The van der Waals surface area contributed by atoms with Gasteiger partial charge < -0.3 is 4.74 Å². The second-order valence-corrected chi connectivity index (χ2v) is 15.2. The Morgan fingerprint density at radius 3 is 1.75 bits per heavy atom. The van der Waals surface area contributed by atoms with Crippen LogP contribution in [0.25, 0.3) is 109 Å². The van der Waals surface area contributed by atoms with Crippen molar-refractivity contribution in [1.82, 2.24) is 0 Å². The van der Waals surface area contributed by atoms with E-state index in [0.29, 0.717) is 0 Å². The van der Waals surface area contributed by atoms with E-state index in [1.165, 1.54) is 98.5 Å². The van der Waals surface area contributed by atoms with Gasteiger partial charge in [0.25, 0.3) is 0 Å². The number of benzene rings is 11. The Balaban J connectivity index is 1.09. The van der Waals surface area contributed by atoms with E-state index in [1.54, 1.807) is 0 Å². The summed E-state index contributed by atoms with van der Waals surface area (Å²) in [5.74, 6) is 1.79. The van der Waals surface area contributed by atoms with Crippen molar-refractivity contribution in [3.05, 3.63) is 206 Å². The summed E-state index contributed by atoms with van der Waals surface area (Å²) in [6.07, 6.45) is 0. The molecule has 0 spiro atoms. The fourth-order valence-electron chi connectivity index (χ4n) is 9.44. The molecule has 1 heteroatoms. The van der Waals surface area contributed by atoms with Crippen LogP contribution in [0, 0.1) is 0 Å². The maximum Gasteiger partial charge on any atom is 0.135 e. The minimum absolute atomic E-state index is 0.891. The van der Waals surface area contributed by atoms with Crippen molar-refractivity contribution in [1.29, 1.82) is 0 Å². The van der Waals surface area contributed by atoms with E-state index in [0.717, 1.165) is 22.4 Å². The van der Waals surface area contributed by atoms with Gasteiger partial charge in [-0.3, -0.25) is 0 Å². The molecule has 0 atom stereocenters. The lowest BCUT2D eigenvalue weighted by molar-refractivity contribution is 0.487. The van der Waals surface area contributed by atoms with Crippen molar-refractivity contribution >= 4 is 53.9 Å². The molecule has 0 bridgehead atoms. The SMILES string of the molecule is c1ccc(-c2ccc3c(c2)-c2cccc4c(-c5cccc(-c6c7ccccc7c(-c7ccc8ccccc8c7)c7ccc8ccccc8c67)c5)ccc(c24)O3)cc1. The van der Waals surface area contributed by atoms with Crippen molar-refractivity contribution < 1.29 is 4.74 Å². The van der Waals surface area contributed by atoms with E-state index in [-0.39, 0.29) is 0 Å². The molecule has 264 valence electrons. The lowest BCUT2D eigenvalue weighted by Gasteiger charge is -2.23. The standard InChI is InChI=1S/C56H34O/c1-2-12-35(13-3-1)39-27-30-51-50(34-39)48-23-11-22-45-43(29-31-52(57-51)55(45)48)40-17-10-18-41(33-40)54-47-21-9-8-20-46(47)53(42-25-24-36-14-4-5-16-38(36)32-42)49-28-26-37-15-6-7-19-44(37)56(49)54/h1-34H. The van der Waals surface area contributed by atoms with Crippen LogP contribution in [0.15, 0.2) is 206 Å². The van der Waals surface area contributed by atoms with Gasteiger partial charge in [-0.1, -0.05) is 176 Å². The van der Waals surface area contributed by atoms with Crippen molar-refractivity contribution in [3.63, 3.8) is 0 Å². The highest BCUT2D eigenvalue weighted by Crippen LogP contribution is 2.51. The summed E-state index contributed by atoms with van der Waals surface area (Å²) < 4.78 is 6.63. The summed E-state index contributed by atoms with van der Waals surface area (Å²) in [7, 11) is 0. The van der Waals surface area contributed by atoms with Gasteiger partial charge in [0, 0.05) is 10.9 Å².